The summed E-state index contributed by atoms with van der Waals surface area (Å²) in [6, 6.07) is 15.3. The van der Waals surface area contributed by atoms with Crippen LogP contribution < -0.4 is 5.32 Å². The number of carbonyl (C=O) groups excluding carboxylic acids is 1. The van der Waals surface area contributed by atoms with Crippen LogP contribution in [0.5, 0.6) is 0 Å². The summed E-state index contributed by atoms with van der Waals surface area (Å²) in [5.41, 5.74) is 1.21. The van der Waals surface area contributed by atoms with Crippen molar-refractivity contribution in [3.05, 3.63) is 65.7 Å². The van der Waals surface area contributed by atoms with Crippen LogP contribution in [0.15, 0.2) is 59.5 Å². The summed E-state index contributed by atoms with van der Waals surface area (Å²) in [6.45, 7) is 6.41. The molecule has 0 spiro atoms. The van der Waals surface area contributed by atoms with Crippen molar-refractivity contribution in [2.75, 3.05) is 0 Å². The van der Waals surface area contributed by atoms with E-state index in [1.54, 1.807) is 54.6 Å². The fourth-order valence-electron chi connectivity index (χ4n) is 2.89. The molecule has 0 radical (unpaired) electrons. The first-order chi connectivity index (χ1) is 12.8. The minimum Gasteiger partial charge on any atom is -0.350 e. The van der Waals surface area contributed by atoms with Gasteiger partial charge in [0.2, 0.25) is 0 Å². The van der Waals surface area contributed by atoms with Gasteiger partial charge >= 0.3 is 0 Å². The summed E-state index contributed by atoms with van der Waals surface area (Å²) >= 11 is 0. The Bertz CT molecular complexity index is 828. The van der Waals surface area contributed by atoms with Crippen LogP contribution in [0.2, 0.25) is 0 Å². The highest BCUT2D eigenvalue weighted by molar-refractivity contribution is 7.90. The molecule has 1 amide bonds. The van der Waals surface area contributed by atoms with Crippen LogP contribution >= 0.6 is 0 Å². The van der Waals surface area contributed by atoms with Crippen LogP contribution in [0.1, 0.15) is 56.0 Å². The minimum atomic E-state index is -3.38. The zero-order valence-corrected chi connectivity index (χ0v) is 17.1. The van der Waals surface area contributed by atoms with Gasteiger partial charge in [-0.3, -0.25) is 4.79 Å². The molecule has 146 valence electrons. The van der Waals surface area contributed by atoms with Crippen molar-refractivity contribution >= 4 is 15.7 Å². The Morgan fingerprint density at radius 3 is 2.15 bits per heavy atom. The smallest absolute Gasteiger partial charge is 0.251 e. The molecular formula is C22H29NO3S. The third kappa shape index (κ3) is 6.83. The van der Waals surface area contributed by atoms with E-state index in [0.29, 0.717) is 21.9 Å². The average Bonchev–Trinajstić information content (AvgIpc) is 2.62. The Kier molecular flexibility index (Phi) is 7.60. The summed E-state index contributed by atoms with van der Waals surface area (Å²) in [5, 5.41) is 3.01. The molecule has 0 aromatic heterocycles. The normalized spacial score (nSPS) is 12.7. The Morgan fingerprint density at radius 1 is 0.926 bits per heavy atom. The van der Waals surface area contributed by atoms with E-state index in [0.717, 1.165) is 19.3 Å². The van der Waals surface area contributed by atoms with E-state index in [1.807, 2.05) is 6.92 Å². The molecule has 2 aromatic carbocycles. The highest BCUT2D eigenvalue weighted by Gasteiger charge is 2.15. The van der Waals surface area contributed by atoms with Crippen molar-refractivity contribution in [1.82, 2.24) is 5.32 Å². The van der Waals surface area contributed by atoms with E-state index < -0.39 is 9.84 Å². The third-order valence-electron chi connectivity index (χ3n) is 4.47. The van der Waals surface area contributed by atoms with Gasteiger partial charge in [0, 0.05) is 11.6 Å². The summed E-state index contributed by atoms with van der Waals surface area (Å²) in [4.78, 5) is 12.6. The number of hydrogen-bond donors (Lipinski definition) is 1. The summed E-state index contributed by atoms with van der Waals surface area (Å²) in [5.74, 6) is 0.474. The Morgan fingerprint density at radius 2 is 1.56 bits per heavy atom. The van der Waals surface area contributed by atoms with Crippen LogP contribution in [0, 0.1) is 5.92 Å². The summed E-state index contributed by atoms with van der Waals surface area (Å²) < 4.78 is 24.9. The molecule has 0 aliphatic carbocycles. The molecule has 0 bridgehead atoms. The fourth-order valence-corrected chi connectivity index (χ4v) is 4.26. The number of amides is 1. The predicted molar refractivity (Wildman–Crippen MR) is 109 cm³/mol. The molecule has 1 atom stereocenters. The van der Waals surface area contributed by atoms with Crippen LogP contribution in [-0.4, -0.2) is 20.4 Å². The molecule has 2 aromatic rings. The molecule has 1 N–H and O–H groups in total. The van der Waals surface area contributed by atoms with Crippen LogP contribution in [0.3, 0.4) is 0 Å². The van der Waals surface area contributed by atoms with Gasteiger partial charge in [-0.2, -0.15) is 0 Å². The molecule has 0 unspecified atom stereocenters. The van der Waals surface area contributed by atoms with Gasteiger partial charge in [-0.25, -0.2) is 8.42 Å². The first-order valence-electron chi connectivity index (χ1n) is 9.45. The van der Waals surface area contributed by atoms with E-state index in [9.17, 15) is 13.2 Å². The van der Waals surface area contributed by atoms with Gasteiger partial charge in [-0.15, -0.1) is 0 Å². The van der Waals surface area contributed by atoms with Gasteiger partial charge < -0.3 is 5.32 Å². The SMILES string of the molecule is CC(C)CCC[C@H](C)NC(=O)c1ccc(CS(=O)(=O)c2ccccc2)cc1. The quantitative estimate of drug-likeness (QED) is 0.684. The topological polar surface area (TPSA) is 63.2 Å². The maximum Gasteiger partial charge on any atom is 0.251 e. The van der Waals surface area contributed by atoms with E-state index in [-0.39, 0.29) is 17.7 Å². The molecule has 0 fully saturated rings. The summed E-state index contributed by atoms with van der Waals surface area (Å²) in [7, 11) is -3.38. The van der Waals surface area contributed by atoms with Crippen LogP contribution in [-0.2, 0) is 15.6 Å². The number of nitrogens with one attached hydrogen (secondary N) is 1. The molecule has 2 rings (SSSR count). The molecule has 0 aliphatic heterocycles. The standard InChI is InChI=1S/C22H29NO3S/c1-17(2)8-7-9-18(3)23-22(24)20-14-12-19(13-15-20)16-27(25,26)21-10-5-4-6-11-21/h4-6,10-15,17-18H,7-9,16H2,1-3H3,(H,23,24)/t18-/m0/s1. The molecule has 0 aliphatic rings. The number of rotatable bonds is 9. The molecule has 0 heterocycles. The fraction of sp³-hybridized carbons (Fsp3) is 0.409. The van der Waals surface area contributed by atoms with Crippen molar-refractivity contribution in [3.63, 3.8) is 0 Å². The average molecular weight is 388 g/mol. The molecule has 4 nitrogen and oxygen atoms in total. The largest absolute Gasteiger partial charge is 0.350 e. The lowest BCUT2D eigenvalue weighted by Gasteiger charge is -2.14. The lowest BCUT2D eigenvalue weighted by atomic mass is 10.0. The van der Waals surface area contributed by atoms with Gasteiger partial charge in [0.15, 0.2) is 9.84 Å². The lowest BCUT2D eigenvalue weighted by Crippen LogP contribution is -2.32. The Hall–Kier alpha value is -2.14. The van der Waals surface area contributed by atoms with Crippen LogP contribution in [0.25, 0.3) is 0 Å². The second-order valence-corrected chi connectivity index (χ2v) is 9.46. The Balaban J connectivity index is 1.93. The second kappa shape index (κ2) is 9.70. The van der Waals surface area contributed by atoms with E-state index in [4.69, 9.17) is 0 Å². The van der Waals surface area contributed by atoms with Crippen LogP contribution in [0.4, 0.5) is 0 Å². The number of benzene rings is 2. The first kappa shape index (κ1) is 21.2. The van der Waals surface area contributed by atoms with E-state index >= 15 is 0 Å². The monoisotopic (exact) mass is 387 g/mol. The van der Waals surface area contributed by atoms with Crippen molar-refractivity contribution < 1.29 is 13.2 Å². The van der Waals surface area contributed by atoms with Gasteiger partial charge in [0.1, 0.15) is 0 Å². The van der Waals surface area contributed by atoms with Crippen molar-refractivity contribution in [2.24, 2.45) is 5.92 Å². The second-order valence-electron chi connectivity index (χ2n) is 7.47. The highest BCUT2D eigenvalue weighted by Crippen LogP contribution is 2.17. The molecular weight excluding hydrogens is 358 g/mol. The number of carbonyl (C=O) groups is 1. The van der Waals surface area contributed by atoms with E-state index in [2.05, 4.69) is 19.2 Å². The lowest BCUT2D eigenvalue weighted by molar-refractivity contribution is 0.0937. The number of sulfone groups is 1. The van der Waals surface area contributed by atoms with Crippen molar-refractivity contribution in [3.8, 4) is 0 Å². The summed E-state index contributed by atoms with van der Waals surface area (Å²) in [6.07, 6.45) is 3.21. The molecule has 5 heteroatoms. The van der Waals surface area contributed by atoms with E-state index in [1.165, 1.54) is 0 Å². The zero-order chi connectivity index (χ0) is 19.9. The molecule has 0 saturated carbocycles. The molecule has 27 heavy (non-hydrogen) atoms. The van der Waals surface area contributed by atoms with Gasteiger partial charge in [0.25, 0.3) is 5.91 Å². The minimum absolute atomic E-state index is 0.0789. The third-order valence-corrected chi connectivity index (χ3v) is 6.18. The zero-order valence-electron chi connectivity index (χ0n) is 16.3. The van der Waals surface area contributed by atoms with Gasteiger partial charge in [0.05, 0.1) is 10.6 Å². The maximum absolute atomic E-state index is 12.4. The highest BCUT2D eigenvalue weighted by atomic mass is 32.2. The van der Waals surface area contributed by atoms with Crippen molar-refractivity contribution in [2.45, 2.75) is 56.7 Å². The maximum atomic E-state index is 12.4. The predicted octanol–water partition coefficient (Wildman–Crippen LogP) is 4.61. The molecule has 0 saturated heterocycles. The number of hydrogen-bond acceptors (Lipinski definition) is 3. The van der Waals surface area contributed by atoms with Gasteiger partial charge in [-0.05, 0) is 49.1 Å². The van der Waals surface area contributed by atoms with Crippen molar-refractivity contribution in [1.29, 1.82) is 0 Å². The van der Waals surface area contributed by atoms with Gasteiger partial charge in [-0.1, -0.05) is 57.0 Å². The Labute approximate surface area is 162 Å². The first-order valence-corrected chi connectivity index (χ1v) is 11.1.